The number of nitrogens with one attached hydrogen (secondary N) is 1. The van der Waals surface area contributed by atoms with Crippen molar-refractivity contribution in [1.29, 1.82) is 0 Å². The Bertz CT molecular complexity index is 1180. The van der Waals surface area contributed by atoms with E-state index in [-0.39, 0.29) is 5.29 Å². The number of aromatic nitrogens is 2. The van der Waals surface area contributed by atoms with Crippen LogP contribution in [-0.2, 0) is 20.1 Å². The van der Waals surface area contributed by atoms with Gasteiger partial charge in [-0.25, -0.2) is 9.69 Å². The molecule has 3 aromatic rings. The number of benzene rings is 2. The van der Waals surface area contributed by atoms with Crippen molar-refractivity contribution >= 4 is 40.0 Å². The van der Waals surface area contributed by atoms with Crippen LogP contribution in [0.15, 0.2) is 69.2 Å². The lowest BCUT2D eigenvalue weighted by molar-refractivity contribution is -0.741. The second-order valence-electron chi connectivity index (χ2n) is 6.60. The SMILES string of the molecule is Cn1c(=O)c2c(n(Cc3ccccc3)c1=O)N=C(Cl)[NH+]2Cc1ccc(Cl)cc1. The van der Waals surface area contributed by atoms with Crippen molar-refractivity contribution in [3.05, 3.63) is 91.6 Å². The summed E-state index contributed by atoms with van der Waals surface area (Å²) in [5.41, 5.74) is 1.44. The maximum atomic E-state index is 12.9. The first kappa shape index (κ1) is 18.7. The van der Waals surface area contributed by atoms with Crippen LogP contribution in [0.4, 0.5) is 11.5 Å². The van der Waals surface area contributed by atoms with E-state index in [4.69, 9.17) is 23.2 Å². The van der Waals surface area contributed by atoms with Crippen molar-refractivity contribution < 1.29 is 4.90 Å². The van der Waals surface area contributed by atoms with Crippen molar-refractivity contribution in [1.82, 2.24) is 9.13 Å². The van der Waals surface area contributed by atoms with Gasteiger partial charge in [0.2, 0.25) is 11.5 Å². The van der Waals surface area contributed by atoms with Crippen molar-refractivity contribution in [2.24, 2.45) is 12.0 Å². The topological polar surface area (TPSA) is 60.8 Å². The average molecular weight is 416 g/mol. The molecular formula is C20H17Cl2N4O2+. The molecule has 0 saturated carbocycles. The Morgan fingerprint density at radius 2 is 1.64 bits per heavy atom. The van der Waals surface area contributed by atoms with Crippen LogP contribution in [-0.4, -0.2) is 14.4 Å². The van der Waals surface area contributed by atoms with Gasteiger partial charge in [0.1, 0.15) is 6.54 Å². The van der Waals surface area contributed by atoms with Crippen LogP contribution in [0.5, 0.6) is 0 Å². The van der Waals surface area contributed by atoms with Crippen LogP contribution in [0.2, 0.25) is 5.02 Å². The molecule has 0 fully saturated rings. The van der Waals surface area contributed by atoms with Crippen LogP contribution in [0.25, 0.3) is 0 Å². The molecule has 0 spiro atoms. The van der Waals surface area contributed by atoms with E-state index in [1.54, 1.807) is 12.1 Å². The molecule has 0 amide bonds. The lowest BCUT2D eigenvalue weighted by Gasteiger charge is -2.14. The Morgan fingerprint density at radius 1 is 0.964 bits per heavy atom. The number of fused-ring (bicyclic) bond motifs is 1. The third-order valence-corrected chi connectivity index (χ3v) is 5.31. The fraction of sp³-hybridized carbons (Fsp3) is 0.150. The summed E-state index contributed by atoms with van der Waals surface area (Å²) in [7, 11) is 1.47. The minimum Gasteiger partial charge on any atom is -0.268 e. The van der Waals surface area contributed by atoms with Gasteiger partial charge >= 0.3 is 16.5 Å². The summed E-state index contributed by atoms with van der Waals surface area (Å²) in [6.45, 7) is 0.725. The van der Waals surface area contributed by atoms with Crippen LogP contribution < -0.4 is 16.1 Å². The summed E-state index contributed by atoms with van der Waals surface area (Å²) in [5.74, 6) is 0.311. The molecule has 1 atom stereocenters. The fourth-order valence-corrected chi connectivity index (χ4v) is 3.64. The maximum Gasteiger partial charge on any atom is 0.333 e. The van der Waals surface area contributed by atoms with Gasteiger partial charge in [-0.05, 0) is 17.7 Å². The zero-order valence-corrected chi connectivity index (χ0v) is 16.5. The second kappa shape index (κ2) is 7.39. The highest BCUT2D eigenvalue weighted by Crippen LogP contribution is 2.23. The molecule has 28 heavy (non-hydrogen) atoms. The lowest BCUT2D eigenvalue weighted by Crippen LogP contribution is -3.07. The summed E-state index contributed by atoms with van der Waals surface area (Å²) in [5, 5.41) is 0.863. The number of hydrogen-bond donors (Lipinski definition) is 1. The molecule has 0 saturated heterocycles. The number of rotatable bonds is 4. The van der Waals surface area contributed by atoms with Gasteiger partial charge in [0.05, 0.1) is 6.54 Å². The summed E-state index contributed by atoms with van der Waals surface area (Å²) in [6, 6.07) is 16.9. The summed E-state index contributed by atoms with van der Waals surface area (Å²) < 4.78 is 2.60. The van der Waals surface area contributed by atoms with E-state index in [2.05, 4.69) is 4.99 Å². The van der Waals surface area contributed by atoms with Gasteiger partial charge in [-0.3, -0.25) is 13.9 Å². The number of quaternary nitrogens is 1. The molecule has 2 heterocycles. The quantitative estimate of drug-likeness (QED) is 0.663. The molecule has 1 N–H and O–H groups in total. The Morgan fingerprint density at radius 3 is 2.32 bits per heavy atom. The number of nitrogens with zero attached hydrogens (tertiary/aromatic N) is 3. The Hall–Kier alpha value is -2.67. The van der Waals surface area contributed by atoms with Crippen molar-refractivity contribution in [3.63, 3.8) is 0 Å². The predicted octanol–water partition coefficient (Wildman–Crippen LogP) is 2.21. The Kier molecular flexibility index (Phi) is 4.93. The van der Waals surface area contributed by atoms with Crippen LogP contribution in [0.3, 0.4) is 0 Å². The summed E-state index contributed by atoms with van der Waals surface area (Å²) >= 11 is 12.4. The zero-order chi connectivity index (χ0) is 19.8. The molecule has 1 unspecified atom stereocenters. The molecule has 142 valence electrons. The van der Waals surface area contributed by atoms with Gasteiger partial charge in [0, 0.05) is 29.2 Å². The van der Waals surface area contributed by atoms with E-state index in [1.165, 1.54) is 11.6 Å². The Labute approximate surface area is 170 Å². The average Bonchev–Trinajstić information content (AvgIpc) is 3.02. The van der Waals surface area contributed by atoms with Crippen LogP contribution >= 0.6 is 23.2 Å². The minimum absolute atomic E-state index is 0.231. The van der Waals surface area contributed by atoms with E-state index in [9.17, 15) is 9.59 Å². The molecular weight excluding hydrogens is 399 g/mol. The maximum absolute atomic E-state index is 12.9. The second-order valence-corrected chi connectivity index (χ2v) is 7.40. The fourth-order valence-electron chi connectivity index (χ4n) is 3.28. The first-order chi connectivity index (χ1) is 13.5. The molecule has 0 radical (unpaired) electrons. The third kappa shape index (κ3) is 3.30. The molecule has 6 nitrogen and oxygen atoms in total. The first-order valence-electron chi connectivity index (χ1n) is 8.68. The molecule has 0 bridgehead atoms. The van der Waals surface area contributed by atoms with E-state index in [0.717, 1.165) is 15.7 Å². The summed E-state index contributed by atoms with van der Waals surface area (Å²) in [4.78, 5) is 30.6. The molecule has 1 aliphatic heterocycles. The third-order valence-electron chi connectivity index (χ3n) is 4.75. The van der Waals surface area contributed by atoms with Crippen molar-refractivity contribution in [2.45, 2.75) is 13.1 Å². The zero-order valence-electron chi connectivity index (χ0n) is 15.0. The highest BCUT2D eigenvalue weighted by atomic mass is 35.5. The van der Waals surface area contributed by atoms with E-state index in [1.807, 2.05) is 42.5 Å². The van der Waals surface area contributed by atoms with Crippen molar-refractivity contribution in [2.75, 3.05) is 0 Å². The molecule has 8 heteroatoms. The van der Waals surface area contributed by atoms with Crippen molar-refractivity contribution in [3.8, 4) is 0 Å². The first-order valence-corrected chi connectivity index (χ1v) is 9.44. The normalized spacial score (nSPS) is 15.4. The summed E-state index contributed by atoms with van der Waals surface area (Å²) in [6.07, 6.45) is 0. The predicted molar refractivity (Wildman–Crippen MR) is 110 cm³/mol. The van der Waals surface area contributed by atoms with E-state index < -0.39 is 11.2 Å². The standard InChI is InChI=1S/C20H16Cl2N4O2/c1-24-18(27)16-17(26(20(24)28)12-13-5-3-2-4-6-13)23-19(22)25(16)11-14-7-9-15(21)10-8-14/h2-10H,11-12H2,1H3/p+1. The van der Waals surface area contributed by atoms with Gasteiger partial charge in [-0.2, -0.15) is 4.99 Å². The monoisotopic (exact) mass is 415 g/mol. The highest BCUT2D eigenvalue weighted by molar-refractivity contribution is 6.62. The number of aliphatic imine (C=N–C) groups is 1. The van der Waals surface area contributed by atoms with E-state index in [0.29, 0.717) is 34.5 Å². The number of hydrogen-bond acceptors (Lipinski definition) is 3. The molecule has 4 rings (SSSR count). The highest BCUT2D eigenvalue weighted by Gasteiger charge is 2.36. The Balaban J connectivity index is 1.82. The molecule has 1 aliphatic rings. The number of halogens is 2. The van der Waals surface area contributed by atoms with Gasteiger partial charge < -0.3 is 0 Å². The lowest BCUT2D eigenvalue weighted by atomic mass is 10.2. The molecule has 0 aliphatic carbocycles. The van der Waals surface area contributed by atoms with Crippen LogP contribution in [0.1, 0.15) is 11.1 Å². The minimum atomic E-state index is -0.423. The van der Waals surface area contributed by atoms with Gasteiger partial charge in [-0.15, -0.1) is 0 Å². The smallest absolute Gasteiger partial charge is 0.268 e. The molecule has 1 aromatic heterocycles. The van der Waals surface area contributed by atoms with E-state index >= 15 is 0 Å². The molecule has 2 aromatic carbocycles. The van der Waals surface area contributed by atoms with Gasteiger partial charge in [0.25, 0.3) is 0 Å². The van der Waals surface area contributed by atoms with Gasteiger partial charge in [0.15, 0.2) is 0 Å². The number of amidine groups is 1. The van der Waals surface area contributed by atoms with Crippen LogP contribution in [0, 0.1) is 0 Å². The largest absolute Gasteiger partial charge is 0.333 e. The van der Waals surface area contributed by atoms with Gasteiger partial charge in [-0.1, -0.05) is 54.1 Å².